The average Bonchev–Trinajstić information content (AvgIpc) is 2.86. The Kier molecular flexibility index (Phi) is 14.5. The van der Waals surface area contributed by atoms with Gasteiger partial charge in [-0.3, -0.25) is 9.59 Å². The third kappa shape index (κ3) is 13.3. The molecule has 222 valence electrons. The van der Waals surface area contributed by atoms with Crippen molar-refractivity contribution >= 4 is 23.9 Å². The predicted molar refractivity (Wildman–Crippen MR) is 154 cm³/mol. The second-order valence-electron chi connectivity index (χ2n) is 10.8. The minimum Gasteiger partial charge on any atom is -0.493 e. The summed E-state index contributed by atoms with van der Waals surface area (Å²) in [6.45, 7) is 16.7. The number of carbonyl (C=O) groups excluding carboxylic acids is 4. The van der Waals surface area contributed by atoms with Crippen molar-refractivity contribution in [2.75, 3.05) is 13.7 Å². The van der Waals surface area contributed by atoms with Crippen LogP contribution in [-0.4, -0.2) is 61.3 Å². The van der Waals surface area contributed by atoms with Gasteiger partial charge in [0.2, 0.25) is 11.8 Å². The van der Waals surface area contributed by atoms with Crippen LogP contribution in [0.2, 0.25) is 0 Å². The number of alkyl carbamates (subject to hydrolysis) is 1. The summed E-state index contributed by atoms with van der Waals surface area (Å²) in [5, 5.41) is 8.02. The quantitative estimate of drug-likeness (QED) is 0.159. The van der Waals surface area contributed by atoms with Crippen LogP contribution in [0.5, 0.6) is 5.75 Å². The maximum Gasteiger partial charge on any atom is 0.408 e. The number of rotatable bonds is 16. The van der Waals surface area contributed by atoms with Gasteiger partial charge >= 0.3 is 12.1 Å². The highest BCUT2D eigenvalue weighted by Gasteiger charge is 2.31. The molecule has 1 aromatic carbocycles. The SMILES string of the molecule is C=CCCOc1ccc(CC(NC(=O)OC(C)(C)C)C(=O)NC(CC(C)C)C(=O)NC(CC=C)C(=O)OC)cc1. The van der Waals surface area contributed by atoms with Crippen molar-refractivity contribution in [3.8, 4) is 5.75 Å². The number of hydrogen-bond donors (Lipinski definition) is 3. The molecular formula is C30H45N3O7. The Bertz CT molecular complexity index is 1000. The monoisotopic (exact) mass is 559 g/mol. The van der Waals surface area contributed by atoms with E-state index in [1.165, 1.54) is 13.2 Å². The van der Waals surface area contributed by atoms with Crippen LogP contribution in [0.15, 0.2) is 49.6 Å². The molecule has 0 saturated heterocycles. The number of nitrogens with one attached hydrogen (secondary N) is 3. The number of hydrogen-bond acceptors (Lipinski definition) is 7. The van der Waals surface area contributed by atoms with Gasteiger partial charge in [-0.25, -0.2) is 9.59 Å². The van der Waals surface area contributed by atoms with Crippen molar-refractivity contribution in [3.05, 3.63) is 55.1 Å². The van der Waals surface area contributed by atoms with Gasteiger partial charge in [0.25, 0.3) is 0 Å². The van der Waals surface area contributed by atoms with E-state index in [-0.39, 0.29) is 18.8 Å². The molecular weight excluding hydrogens is 514 g/mol. The van der Waals surface area contributed by atoms with Gasteiger partial charge in [-0.2, -0.15) is 0 Å². The number of carbonyl (C=O) groups is 4. The predicted octanol–water partition coefficient (Wildman–Crippen LogP) is 3.84. The summed E-state index contributed by atoms with van der Waals surface area (Å²) in [6, 6.07) is 4.21. The van der Waals surface area contributed by atoms with Gasteiger partial charge in [-0.15, -0.1) is 13.2 Å². The summed E-state index contributed by atoms with van der Waals surface area (Å²) in [5.41, 5.74) is -0.0159. The molecule has 0 spiro atoms. The number of esters is 1. The van der Waals surface area contributed by atoms with E-state index in [1.54, 1.807) is 51.1 Å². The highest BCUT2D eigenvalue weighted by Crippen LogP contribution is 2.15. The third-order valence-corrected chi connectivity index (χ3v) is 5.51. The Morgan fingerprint density at radius 3 is 2.02 bits per heavy atom. The molecule has 10 nitrogen and oxygen atoms in total. The maximum atomic E-state index is 13.5. The van der Waals surface area contributed by atoms with Crippen LogP contribution in [0.1, 0.15) is 59.4 Å². The first kappa shape index (κ1) is 34.2. The van der Waals surface area contributed by atoms with E-state index in [0.717, 1.165) is 5.56 Å². The van der Waals surface area contributed by atoms with Crippen molar-refractivity contribution in [2.45, 2.75) is 84.0 Å². The van der Waals surface area contributed by atoms with Crippen LogP contribution in [0.4, 0.5) is 4.79 Å². The van der Waals surface area contributed by atoms with Gasteiger partial charge in [-0.05, 0) is 63.6 Å². The highest BCUT2D eigenvalue weighted by molar-refractivity contribution is 5.93. The molecule has 0 radical (unpaired) electrons. The van der Waals surface area contributed by atoms with E-state index in [2.05, 4.69) is 29.1 Å². The van der Waals surface area contributed by atoms with Gasteiger partial charge in [0.1, 0.15) is 29.5 Å². The standard InChI is InChI=1S/C30H45N3O7/c1-9-11-17-39-22-15-13-21(14-16-22)19-25(33-29(37)40-30(5,6)7)27(35)32-24(18-20(3)4)26(34)31-23(12-10-2)28(36)38-8/h9-10,13-16,20,23-25H,1-2,11-12,17-19H2,3-8H3,(H,31,34)(H,32,35)(H,33,37). The van der Waals surface area contributed by atoms with Crippen molar-refractivity contribution < 1.29 is 33.4 Å². The Hall–Kier alpha value is -3.82. The highest BCUT2D eigenvalue weighted by atomic mass is 16.6. The molecule has 0 fully saturated rings. The maximum absolute atomic E-state index is 13.5. The minimum atomic E-state index is -1.05. The summed E-state index contributed by atoms with van der Waals surface area (Å²) >= 11 is 0. The fraction of sp³-hybridized carbons (Fsp3) is 0.533. The van der Waals surface area contributed by atoms with E-state index in [9.17, 15) is 19.2 Å². The second kappa shape index (κ2) is 17.0. The van der Waals surface area contributed by atoms with Crippen LogP contribution in [-0.2, 0) is 30.3 Å². The lowest BCUT2D eigenvalue weighted by Crippen LogP contribution is -2.56. The van der Waals surface area contributed by atoms with Gasteiger partial charge < -0.3 is 30.2 Å². The van der Waals surface area contributed by atoms with Crippen LogP contribution in [0.25, 0.3) is 0 Å². The van der Waals surface area contributed by atoms with Gasteiger partial charge in [-0.1, -0.05) is 38.1 Å². The van der Waals surface area contributed by atoms with E-state index in [0.29, 0.717) is 25.2 Å². The summed E-state index contributed by atoms with van der Waals surface area (Å²) in [7, 11) is 1.23. The molecule has 0 aliphatic carbocycles. The van der Waals surface area contributed by atoms with Gasteiger partial charge in [0.15, 0.2) is 0 Å². The summed E-state index contributed by atoms with van der Waals surface area (Å²) in [6.07, 6.45) is 3.81. The number of methoxy groups -OCH3 is 1. The Morgan fingerprint density at radius 2 is 1.50 bits per heavy atom. The topological polar surface area (TPSA) is 132 Å². The summed E-state index contributed by atoms with van der Waals surface area (Å²) < 4.78 is 15.8. The molecule has 3 atom stereocenters. The molecule has 3 amide bonds. The first-order valence-corrected chi connectivity index (χ1v) is 13.4. The van der Waals surface area contributed by atoms with Crippen molar-refractivity contribution in [3.63, 3.8) is 0 Å². The normalized spacial score (nSPS) is 13.3. The number of amides is 3. The van der Waals surface area contributed by atoms with Crippen LogP contribution >= 0.6 is 0 Å². The fourth-order valence-corrected chi connectivity index (χ4v) is 3.65. The first-order chi connectivity index (χ1) is 18.8. The Balaban J connectivity index is 3.14. The van der Waals surface area contributed by atoms with Crippen molar-refractivity contribution in [1.82, 2.24) is 16.0 Å². The minimum absolute atomic E-state index is 0.0397. The van der Waals surface area contributed by atoms with Crippen molar-refractivity contribution in [2.24, 2.45) is 5.92 Å². The molecule has 0 aliphatic rings. The average molecular weight is 560 g/mol. The summed E-state index contributed by atoms with van der Waals surface area (Å²) in [5.74, 6) is -1.03. The number of benzene rings is 1. The first-order valence-electron chi connectivity index (χ1n) is 13.4. The number of ether oxygens (including phenoxy) is 3. The molecule has 1 rings (SSSR count). The van der Waals surface area contributed by atoms with E-state index in [4.69, 9.17) is 14.2 Å². The fourth-order valence-electron chi connectivity index (χ4n) is 3.65. The molecule has 3 N–H and O–H groups in total. The van der Waals surface area contributed by atoms with Gasteiger partial charge in [0.05, 0.1) is 13.7 Å². The second-order valence-corrected chi connectivity index (χ2v) is 10.8. The van der Waals surface area contributed by atoms with E-state index in [1.807, 2.05) is 13.8 Å². The lowest BCUT2D eigenvalue weighted by atomic mass is 10.0. The smallest absolute Gasteiger partial charge is 0.408 e. The van der Waals surface area contributed by atoms with Crippen molar-refractivity contribution in [1.29, 1.82) is 0 Å². The van der Waals surface area contributed by atoms with Crippen LogP contribution in [0.3, 0.4) is 0 Å². The van der Waals surface area contributed by atoms with E-state index >= 15 is 0 Å². The molecule has 1 aromatic rings. The molecule has 0 aromatic heterocycles. The van der Waals surface area contributed by atoms with Crippen LogP contribution < -0.4 is 20.7 Å². The third-order valence-electron chi connectivity index (χ3n) is 5.51. The molecule has 40 heavy (non-hydrogen) atoms. The lowest BCUT2D eigenvalue weighted by molar-refractivity contribution is -0.145. The largest absolute Gasteiger partial charge is 0.493 e. The molecule has 0 heterocycles. The zero-order chi connectivity index (χ0) is 30.3. The molecule has 0 saturated carbocycles. The zero-order valence-electron chi connectivity index (χ0n) is 24.6. The van der Waals surface area contributed by atoms with Crippen LogP contribution in [0, 0.1) is 5.92 Å². The molecule has 3 unspecified atom stereocenters. The Morgan fingerprint density at radius 1 is 0.900 bits per heavy atom. The lowest BCUT2D eigenvalue weighted by Gasteiger charge is -2.27. The molecule has 0 bridgehead atoms. The molecule has 0 aliphatic heterocycles. The van der Waals surface area contributed by atoms with Gasteiger partial charge in [0, 0.05) is 6.42 Å². The molecule has 10 heteroatoms. The Labute approximate surface area is 237 Å². The zero-order valence-corrected chi connectivity index (χ0v) is 24.6. The van der Waals surface area contributed by atoms with E-state index < -0.39 is 47.6 Å². The summed E-state index contributed by atoms with van der Waals surface area (Å²) in [4.78, 5) is 51.3.